The molecule has 2 heterocycles. The van der Waals surface area contributed by atoms with E-state index in [0.717, 1.165) is 5.56 Å². The highest BCUT2D eigenvalue weighted by Gasteiger charge is 2.16. The maximum Gasteiger partial charge on any atom is 0.272 e. The van der Waals surface area contributed by atoms with Gasteiger partial charge in [0.25, 0.3) is 5.56 Å². The molecule has 4 aromatic rings. The summed E-state index contributed by atoms with van der Waals surface area (Å²) in [4.78, 5) is 30.1. The number of hydrogen-bond acceptors (Lipinski definition) is 5. The number of aromatic nitrogens is 2. The lowest BCUT2D eigenvalue weighted by Gasteiger charge is -2.13. The van der Waals surface area contributed by atoms with Gasteiger partial charge in [-0.15, -0.1) is 11.3 Å². The second kappa shape index (κ2) is 9.22. The van der Waals surface area contributed by atoms with Crippen molar-refractivity contribution in [2.24, 2.45) is 0 Å². The average Bonchev–Trinajstić information content (AvgIpc) is 3.21. The number of carbonyl (C=O) groups is 1. The molecular weight excluding hydrogens is 461 g/mol. The van der Waals surface area contributed by atoms with Gasteiger partial charge in [0.1, 0.15) is 4.70 Å². The first kappa shape index (κ1) is 20.9. The van der Waals surface area contributed by atoms with E-state index in [9.17, 15) is 9.59 Å². The van der Waals surface area contributed by atoms with Crippen molar-refractivity contribution in [3.05, 3.63) is 85.9 Å². The first-order chi connectivity index (χ1) is 14.5. The van der Waals surface area contributed by atoms with Gasteiger partial charge in [-0.1, -0.05) is 65.3 Å². The zero-order chi connectivity index (χ0) is 21.1. The molecule has 0 unspecified atom stereocenters. The van der Waals surface area contributed by atoms with E-state index in [-0.39, 0.29) is 23.8 Å². The third-order valence-corrected chi connectivity index (χ3v) is 6.86. The van der Waals surface area contributed by atoms with Crippen LogP contribution in [0.4, 0.5) is 5.69 Å². The molecule has 1 N–H and O–H groups in total. The van der Waals surface area contributed by atoms with Gasteiger partial charge in [0.05, 0.1) is 28.5 Å². The van der Waals surface area contributed by atoms with Crippen LogP contribution < -0.4 is 10.9 Å². The second-order valence-corrected chi connectivity index (χ2v) is 9.00. The smallest absolute Gasteiger partial charge is 0.272 e. The first-order valence-electron chi connectivity index (χ1n) is 8.91. The molecule has 5 nitrogen and oxygen atoms in total. The molecule has 1 amide bonds. The maximum absolute atomic E-state index is 13.1. The van der Waals surface area contributed by atoms with Crippen LogP contribution >= 0.6 is 46.3 Å². The fourth-order valence-electron chi connectivity index (χ4n) is 2.85. The second-order valence-electron chi connectivity index (χ2n) is 6.33. The van der Waals surface area contributed by atoms with E-state index in [1.54, 1.807) is 41.0 Å². The molecule has 0 bridgehead atoms. The van der Waals surface area contributed by atoms with E-state index in [2.05, 4.69) is 10.3 Å². The normalized spacial score (nSPS) is 11.0. The zero-order valence-corrected chi connectivity index (χ0v) is 18.6. The van der Waals surface area contributed by atoms with E-state index in [4.69, 9.17) is 23.2 Å². The maximum atomic E-state index is 13.1. The van der Waals surface area contributed by atoms with Gasteiger partial charge in [-0.25, -0.2) is 4.98 Å². The summed E-state index contributed by atoms with van der Waals surface area (Å²) >= 11 is 14.9. The van der Waals surface area contributed by atoms with Crippen LogP contribution in [0.5, 0.6) is 0 Å². The lowest BCUT2D eigenvalue weighted by molar-refractivity contribution is -0.113. The number of fused-ring (bicyclic) bond motifs is 1. The molecule has 0 aliphatic heterocycles. The number of nitrogens with one attached hydrogen (secondary N) is 1. The molecule has 0 saturated heterocycles. The number of para-hydroxylation sites is 1. The Hall–Kier alpha value is -2.32. The Balaban J connectivity index is 1.61. The molecule has 0 radical (unpaired) electrons. The van der Waals surface area contributed by atoms with Crippen molar-refractivity contribution >= 4 is 68.1 Å². The standard InChI is InChI=1S/C21H15Cl2N3O2S2/c22-14-6-2-1-5-13(14)11-26-20(28)19-17(9-10-29-19)25-21(26)30-12-18(27)24-16-8-4-3-7-15(16)23/h1-10H,11-12H2,(H,24,27). The fourth-order valence-corrected chi connectivity index (χ4v) is 4.80. The van der Waals surface area contributed by atoms with Gasteiger partial charge < -0.3 is 5.32 Å². The molecule has 0 spiro atoms. The van der Waals surface area contributed by atoms with E-state index in [0.29, 0.717) is 31.1 Å². The van der Waals surface area contributed by atoms with Crippen molar-refractivity contribution in [3.63, 3.8) is 0 Å². The summed E-state index contributed by atoms with van der Waals surface area (Å²) < 4.78 is 2.14. The number of rotatable bonds is 6. The predicted octanol–water partition coefficient (Wildman–Crippen LogP) is 5.54. The largest absolute Gasteiger partial charge is 0.324 e. The van der Waals surface area contributed by atoms with Crippen LogP contribution in [0.25, 0.3) is 10.2 Å². The Labute approximate surface area is 190 Å². The van der Waals surface area contributed by atoms with Crippen LogP contribution in [0.3, 0.4) is 0 Å². The molecule has 4 rings (SSSR count). The fraction of sp³-hybridized carbons (Fsp3) is 0.0952. The van der Waals surface area contributed by atoms with Gasteiger partial charge in [0.2, 0.25) is 5.91 Å². The minimum Gasteiger partial charge on any atom is -0.324 e. The highest BCUT2D eigenvalue weighted by molar-refractivity contribution is 7.99. The van der Waals surface area contributed by atoms with Gasteiger partial charge in [0, 0.05) is 5.02 Å². The van der Waals surface area contributed by atoms with Crippen molar-refractivity contribution in [1.82, 2.24) is 9.55 Å². The van der Waals surface area contributed by atoms with Crippen molar-refractivity contribution in [2.75, 3.05) is 11.1 Å². The molecule has 9 heteroatoms. The molecule has 0 atom stereocenters. The number of thioether (sulfide) groups is 1. The van der Waals surface area contributed by atoms with Crippen LogP contribution in [0, 0.1) is 0 Å². The summed E-state index contributed by atoms with van der Waals surface area (Å²) in [5.41, 5.74) is 1.82. The van der Waals surface area contributed by atoms with Crippen LogP contribution in [-0.4, -0.2) is 21.2 Å². The summed E-state index contributed by atoms with van der Waals surface area (Å²) in [6.07, 6.45) is 0. The molecule has 0 aliphatic carbocycles. The highest BCUT2D eigenvalue weighted by atomic mass is 35.5. The molecule has 0 fully saturated rings. The minimum atomic E-state index is -0.239. The van der Waals surface area contributed by atoms with Crippen molar-refractivity contribution in [2.45, 2.75) is 11.7 Å². The minimum absolute atomic E-state index is 0.0792. The number of amides is 1. The number of carbonyl (C=O) groups excluding carboxylic acids is 1. The van der Waals surface area contributed by atoms with Crippen molar-refractivity contribution in [1.29, 1.82) is 0 Å². The Morgan fingerprint density at radius 1 is 1.07 bits per heavy atom. The Kier molecular flexibility index (Phi) is 6.43. The van der Waals surface area contributed by atoms with Gasteiger partial charge in [0.15, 0.2) is 5.16 Å². The number of anilines is 1. The third-order valence-electron chi connectivity index (χ3n) is 4.30. The topological polar surface area (TPSA) is 64.0 Å². The molecule has 0 aliphatic rings. The number of halogens is 2. The summed E-state index contributed by atoms with van der Waals surface area (Å²) in [5, 5.41) is 6.10. The number of nitrogens with zero attached hydrogens (tertiary/aromatic N) is 2. The van der Waals surface area contributed by atoms with E-state index in [1.807, 2.05) is 23.6 Å². The van der Waals surface area contributed by atoms with Crippen LogP contribution in [0.1, 0.15) is 5.56 Å². The number of benzene rings is 2. The average molecular weight is 476 g/mol. The molecule has 0 saturated carbocycles. The summed E-state index contributed by atoms with van der Waals surface area (Å²) in [6.45, 7) is 0.272. The molecule has 2 aromatic carbocycles. The van der Waals surface area contributed by atoms with E-state index < -0.39 is 0 Å². The summed E-state index contributed by atoms with van der Waals surface area (Å²) in [6, 6.07) is 16.2. The summed E-state index contributed by atoms with van der Waals surface area (Å²) in [5.74, 6) is -0.160. The predicted molar refractivity (Wildman–Crippen MR) is 125 cm³/mol. The SMILES string of the molecule is O=C(CSc1nc2ccsc2c(=O)n1Cc1ccccc1Cl)Nc1ccccc1Cl. The van der Waals surface area contributed by atoms with Gasteiger partial charge >= 0.3 is 0 Å². The first-order valence-corrected chi connectivity index (χ1v) is 11.5. The van der Waals surface area contributed by atoms with Gasteiger partial charge in [-0.05, 0) is 35.2 Å². The molecule has 30 heavy (non-hydrogen) atoms. The van der Waals surface area contributed by atoms with Gasteiger partial charge in [-0.2, -0.15) is 0 Å². The molecular formula is C21H15Cl2N3O2S2. The lowest BCUT2D eigenvalue weighted by Crippen LogP contribution is -2.24. The summed E-state index contributed by atoms with van der Waals surface area (Å²) in [7, 11) is 0. The number of thiophene rings is 1. The van der Waals surface area contributed by atoms with Crippen LogP contribution in [-0.2, 0) is 11.3 Å². The van der Waals surface area contributed by atoms with E-state index >= 15 is 0 Å². The van der Waals surface area contributed by atoms with Gasteiger partial charge in [-0.3, -0.25) is 14.2 Å². The molecule has 152 valence electrons. The zero-order valence-electron chi connectivity index (χ0n) is 15.5. The van der Waals surface area contributed by atoms with Crippen LogP contribution in [0.2, 0.25) is 10.0 Å². The van der Waals surface area contributed by atoms with Crippen molar-refractivity contribution < 1.29 is 4.79 Å². The Morgan fingerprint density at radius 2 is 1.80 bits per heavy atom. The Bertz CT molecular complexity index is 1290. The van der Waals surface area contributed by atoms with Crippen LogP contribution in [0.15, 0.2) is 69.9 Å². The monoisotopic (exact) mass is 475 g/mol. The Morgan fingerprint density at radius 3 is 2.57 bits per heavy atom. The number of hydrogen-bond donors (Lipinski definition) is 1. The van der Waals surface area contributed by atoms with Crippen molar-refractivity contribution in [3.8, 4) is 0 Å². The lowest BCUT2D eigenvalue weighted by atomic mass is 10.2. The molecule has 2 aromatic heterocycles. The van der Waals surface area contributed by atoms with E-state index in [1.165, 1.54) is 23.1 Å². The highest BCUT2D eigenvalue weighted by Crippen LogP contribution is 2.25. The third kappa shape index (κ3) is 4.54. The quantitative estimate of drug-likeness (QED) is 0.293.